The predicted molar refractivity (Wildman–Crippen MR) is 98.4 cm³/mol. The minimum atomic E-state index is -5.69. The number of morpholine rings is 1. The third-order valence-electron chi connectivity index (χ3n) is 4.70. The maximum absolute atomic E-state index is 12.8. The monoisotopic (exact) mass is 430 g/mol. The van der Waals surface area contributed by atoms with Gasteiger partial charge in [0.2, 0.25) is 0 Å². The molecule has 3 rings (SSSR count). The van der Waals surface area contributed by atoms with Crippen molar-refractivity contribution >= 4 is 21.2 Å². The average Bonchev–Trinajstić information content (AvgIpc) is 2.67. The zero-order chi connectivity index (χ0) is 21.4. The van der Waals surface area contributed by atoms with Gasteiger partial charge in [0, 0.05) is 19.2 Å². The molecule has 11 heteroatoms. The summed E-state index contributed by atoms with van der Waals surface area (Å²) in [6.07, 6.45) is -0.386. The van der Waals surface area contributed by atoms with E-state index < -0.39 is 30.9 Å². The molecule has 0 radical (unpaired) electrons. The highest BCUT2D eigenvalue weighted by molar-refractivity contribution is 7.92. The molecule has 1 atom stereocenters. The van der Waals surface area contributed by atoms with E-state index in [9.17, 15) is 31.7 Å². The van der Waals surface area contributed by atoms with Crippen molar-refractivity contribution < 1.29 is 31.2 Å². The standard InChI is InChI=1S/C18H17F3N2O5S/c1-12-4-2-3-5-14(12)17-11-22(8-9-28-17)15-7-6-13(10-16(15)23(24)25)29(26,27)18(19,20)21/h2-7,10,17H,8-9,11H2,1H3. The molecule has 0 bridgehead atoms. The van der Waals surface area contributed by atoms with Crippen molar-refractivity contribution in [2.45, 2.75) is 23.4 Å². The third kappa shape index (κ3) is 4.06. The Labute approximate surface area is 164 Å². The van der Waals surface area contributed by atoms with Gasteiger partial charge in [0.05, 0.1) is 16.4 Å². The lowest BCUT2D eigenvalue weighted by atomic mass is 10.0. The van der Waals surface area contributed by atoms with Crippen LogP contribution < -0.4 is 4.90 Å². The van der Waals surface area contributed by atoms with Gasteiger partial charge < -0.3 is 9.64 Å². The number of halogens is 3. The van der Waals surface area contributed by atoms with Gasteiger partial charge in [0.15, 0.2) is 0 Å². The van der Waals surface area contributed by atoms with Gasteiger partial charge >= 0.3 is 5.51 Å². The van der Waals surface area contributed by atoms with Crippen molar-refractivity contribution in [2.24, 2.45) is 0 Å². The van der Waals surface area contributed by atoms with Crippen LogP contribution in [0.2, 0.25) is 0 Å². The molecule has 1 aliphatic heterocycles. The van der Waals surface area contributed by atoms with Crippen molar-refractivity contribution in [3.05, 3.63) is 63.7 Å². The average molecular weight is 430 g/mol. The summed E-state index contributed by atoms with van der Waals surface area (Å²) in [5.74, 6) is 0. The summed E-state index contributed by atoms with van der Waals surface area (Å²) in [6, 6.07) is 9.71. The first kappa shape index (κ1) is 21.1. The van der Waals surface area contributed by atoms with Crippen molar-refractivity contribution in [1.82, 2.24) is 0 Å². The summed E-state index contributed by atoms with van der Waals surface area (Å²) in [5, 5.41) is 11.5. The number of nitrogens with zero attached hydrogens (tertiary/aromatic N) is 2. The molecule has 156 valence electrons. The van der Waals surface area contributed by atoms with Crippen molar-refractivity contribution in [1.29, 1.82) is 0 Å². The fraction of sp³-hybridized carbons (Fsp3) is 0.333. The molecule has 0 spiro atoms. The van der Waals surface area contributed by atoms with Gasteiger partial charge in [-0.05, 0) is 30.2 Å². The molecule has 1 saturated heterocycles. The topological polar surface area (TPSA) is 89.8 Å². The molecule has 7 nitrogen and oxygen atoms in total. The first-order valence-electron chi connectivity index (χ1n) is 8.54. The Kier molecular flexibility index (Phi) is 5.54. The highest BCUT2D eigenvalue weighted by atomic mass is 32.2. The van der Waals surface area contributed by atoms with Crippen LogP contribution in [0.5, 0.6) is 0 Å². The zero-order valence-electron chi connectivity index (χ0n) is 15.2. The minimum absolute atomic E-state index is 0.0398. The van der Waals surface area contributed by atoms with Crippen molar-refractivity contribution in [3.8, 4) is 0 Å². The fourth-order valence-corrected chi connectivity index (χ4v) is 4.00. The van der Waals surface area contributed by atoms with Crippen LogP contribution in [-0.2, 0) is 14.6 Å². The Morgan fingerprint density at radius 2 is 1.90 bits per heavy atom. The molecule has 0 saturated carbocycles. The number of sulfone groups is 1. The molecule has 1 unspecified atom stereocenters. The van der Waals surface area contributed by atoms with Gasteiger partial charge in [-0.15, -0.1) is 0 Å². The van der Waals surface area contributed by atoms with Crippen molar-refractivity contribution in [2.75, 3.05) is 24.6 Å². The van der Waals surface area contributed by atoms with E-state index in [-0.39, 0.29) is 31.5 Å². The Bertz CT molecular complexity index is 1040. The number of nitro benzene ring substituents is 1. The maximum Gasteiger partial charge on any atom is 0.501 e. The number of anilines is 1. The van der Waals surface area contributed by atoms with E-state index in [1.54, 1.807) is 4.90 Å². The molecular formula is C18H17F3N2O5S. The van der Waals surface area contributed by atoms with E-state index in [2.05, 4.69) is 0 Å². The normalized spacial score (nSPS) is 17.9. The van der Waals surface area contributed by atoms with Crippen LogP contribution in [0.3, 0.4) is 0 Å². The van der Waals surface area contributed by atoms with Crippen LogP contribution >= 0.6 is 0 Å². The predicted octanol–water partition coefficient (Wildman–Crippen LogP) is 3.77. The SMILES string of the molecule is Cc1ccccc1C1CN(c2ccc(S(=O)(=O)C(F)(F)F)cc2[N+](=O)[O-])CCO1. The van der Waals surface area contributed by atoms with Gasteiger partial charge in [-0.25, -0.2) is 8.42 Å². The number of alkyl halides is 3. The molecule has 2 aromatic carbocycles. The molecule has 1 fully saturated rings. The molecule has 29 heavy (non-hydrogen) atoms. The van der Waals surface area contributed by atoms with Gasteiger partial charge in [-0.3, -0.25) is 10.1 Å². The molecule has 2 aromatic rings. The smallest absolute Gasteiger partial charge is 0.370 e. The number of ether oxygens (including phenoxy) is 1. The first-order chi connectivity index (χ1) is 13.5. The summed E-state index contributed by atoms with van der Waals surface area (Å²) in [6.45, 7) is 2.65. The van der Waals surface area contributed by atoms with E-state index in [1.165, 1.54) is 0 Å². The number of nitro groups is 1. The van der Waals surface area contributed by atoms with Gasteiger partial charge in [-0.2, -0.15) is 13.2 Å². The second kappa shape index (κ2) is 7.64. The highest BCUT2D eigenvalue weighted by Crippen LogP contribution is 2.37. The molecule has 0 N–H and O–H groups in total. The van der Waals surface area contributed by atoms with E-state index in [0.717, 1.165) is 23.3 Å². The lowest BCUT2D eigenvalue weighted by molar-refractivity contribution is -0.384. The van der Waals surface area contributed by atoms with E-state index in [1.807, 2.05) is 31.2 Å². The molecule has 1 heterocycles. The highest BCUT2D eigenvalue weighted by Gasteiger charge is 2.47. The van der Waals surface area contributed by atoms with Gasteiger partial charge in [0.25, 0.3) is 15.5 Å². The zero-order valence-corrected chi connectivity index (χ0v) is 16.0. The maximum atomic E-state index is 12.8. The first-order valence-corrected chi connectivity index (χ1v) is 10.0. The third-order valence-corrected chi connectivity index (χ3v) is 6.19. The van der Waals surface area contributed by atoms with E-state index in [4.69, 9.17) is 4.74 Å². The lowest BCUT2D eigenvalue weighted by Crippen LogP contribution is -2.39. The van der Waals surface area contributed by atoms with Crippen LogP contribution in [-0.4, -0.2) is 38.5 Å². The van der Waals surface area contributed by atoms with Crippen LogP contribution in [0.25, 0.3) is 0 Å². The summed E-state index contributed by atoms with van der Waals surface area (Å²) in [7, 11) is -5.69. The van der Waals surface area contributed by atoms with Crippen molar-refractivity contribution in [3.63, 3.8) is 0 Å². The quantitative estimate of drug-likeness (QED) is 0.542. The number of aryl methyl sites for hydroxylation is 1. The minimum Gasteiger partial charge on any atom is -0.370 e. The number of rotatable bonds is 4. The Morgan fingerprint density at radius 3 is 2.52 bits per heavy atom. The van der Waals surface area contributed by atoms with Gasteiger partial charge in [0.1, 0.15) is 11.8 Å². The Morgan fingerprint density at radius 1 is 1.21 bits per heavy atom. The molecule has 1 aliphatic rings. The Balaban J connectivity index is 1.98. The molecule has 0 amide bonds. The number of hydrogen-bond acceptors (Lipinski definition) is 6. The van der Waals surface area contributed by atoms with Crippen LogP contribution in [0.1, 0.15) is 17.2 Å². The largest absolute Gasteiger partial charge is 0.501 e. The molecule has 0 aliphatic carbocycles. The van der Waals surface area contributed by atoms with Crippen LogP contribution in [0.15, 0.2) is 47.4 Å². The van der Waals surface area contributed by atoms with Gasteiger partial charge in [-0.1, -0.05) is 24.3 Å². The Hall–Kier alpha value is -2.66. The summed E-state index contributed by atoms with van der Waals surface area (Å²) >= 11 is 0. The second-order valence-electron chi connectivity index (χ2n) is 6.52. The van der Waals surface area contributed by atoms with Crippen LogP contribution in [0, 0.1) is 17.0 Å². The van der Waals surface area contributed by atoms with E-state index >= 15 is 0 Å². The number of benzene rings is 2. The summed E-state index contributed by atoms with van der Waals surface area (Å²) in [4.78, 5) is 11.0. The summed E-state index contributed by atoms with van der Waals surface area (Å²) in [5.41, 5.74) is -4.34. The van der Waals surface area contributed by atoms with Crippen LogP contribution in [0.4, 0.5) is 24.5 Å². The molecular weight excluding hydrogens is 413 g/mol. The number of hydrogen-bond donors (Lipinski definition) is 0. The summed E-state index contributed by atoms with van der Waals surface area (Å²) < 4.78 is 67.4. The lowest BCUT2D eigenvalue weighted by Gasteiger charge is -2.35. The van der Waals surface area contributed by atoms with E-state index in [0.29, 0.717) is 6.07 Å². The second-order valence-corrected chi connectivity index (χ2v) is 8.46. The molecule has 0 aromatic heterocycles. The fourth-order valence-electron chi connectivity index (χ4n) is 3.22.